The molecule has 2 fully saturated rings. The number of piperazine rings is 1. The highest BCUT2D eigenvalue weighted by Crippen LogP contribution is 2.41. The van der Waals surface area contributed by atoms with E-state index >= 15 is 0 Å². The van der Waals surface area contributed by atoms with Crippen LogP contribution in [0.25, 0.3) is 0 Å². The van der Waals surface area contributed by atoms with Crippen molar-refractivity contribution in [3.63, 3.8) is 0 Å². The van der Waals surface area contributed by atoms with Gasteiger partial charge in [-0.3, -0.25) is 4.90 Å². The Kier molecular flexibility index (Phi) is 9.24. The van der Waals surface area contributed by atoms with Crippen LogP contribution in [0.1, 0.15) is 43.7 Å². The van der Waals surface area contributed by atoms with Crippen molar-refractivity contribution in [3.05, 3.63) is 28.2 Å². The largest absolute Gasteiger partial charge is 0.508 e. The number of phenols is 1. The second-order valence-corrected chi connectivity index (χ2v) is 7.19. The average Bonchev–Trinajstić information content (AvgIpc) is 2.53. The summed E-state index contributed by atoms with van der Waals surface area (Å²) in [5.74, 6) is 1.10. The molecule has 0 radical (unpaired) electrons. The highest BCUT2D eigenvalue weighted by atomic mass is 79.9. The van der Waals surface area contributed by atoms with Crippen molar-refractivity contribution in [2.75, 3.05) is 26.2 Å². The van der Waals surface area contributed by atoms with Crippen LogP contribution in [0.15, 0.2) is 22.7 Å². The third-order valence-electron chi connectivity index (χ3n) is 4.94. The topological polar surface area (TPSA) is 35.5 Å². The maximum absolute atomic E-state index is 9.93. The quantitative estimate of drug-likeness (QED) is 0.746. The molecular formula is C17H27BrCl2N2O. The highest BCUT2D eigenvalue weighted by molar-refractivity contribution is 9.10. The van der Waals surface area contributed by atoms with Gasteiger partial charge in [0, 0.05) is 36.7 Å². The van der Waals surface area contributed by atoms with E-state index in [1.165, 1.54) is 37.7 Å². The fourth-order valence-electron chi connectivity index (χ4n) is 3.92. The molecule has 0 bridgehead atoms. The number of nitrogens with zero attached hydrogens (tertiary/aromatic N) is 1. The van der Waals surface area contributed by atoms with Crippen molar-refractivity contribution in [2.45, 2.75) is 38.1 Å². The van der Waals surface area contributed by atoms with Gasteiger partial charge in [0.1, 0.15) is 5.75 Å². The monoisotopic (exact) mass is 424 g/mol. The van der Waals surface area contributed by atoms with Crippen molar-refractivity contribution < 1.29 is 5.11 Å². The molecule has 1 aliphatic heterocycles. The molecule has 2 N–H and O–H groups in total. The Labute approximate surface area is 160 Å². The van der Waals surface area contributed by atoms with E-state index in [0.717, 1.165) is 36.6 Å². The lowest BCUT2D eigenvalue weighted by molar-refractivity contribution is 0.103. The van der Waals surface area contributed by atoms with E-state index in [9.17, 15) is 5.11 Å². The molecule has 1 saturated carbocycles. The molecule has 132 valence electrons. The minimum atomic E-state index is 0. The average molecular weight is 426 g/mol. The van der Waals surface area contributed by atoms with E-state index in [4.69, 9.17) is 0 Å². The van der Waals surface area contributed by atoms with E-state index < -0.39 is 0 Å². The number of phenolic OH excluding ortho intramolecular Hbond substituents is 1. The Hall–Kier alpha value is -0.000000000000000111. The van der Waals surface area contributed by atoms with Crippen molar-refractivity contribution in [3.8, 4) is 5.75 Å². The first-order valence-corrected chi connectivity index (χ1v) is 8.98. The van der Waals surface area contributed by atoms with E-state index in [1.807, 2.05) is 12.1 Å². The van der Waals surface area contributed by atoms with Gasteiger partial charge in [0.2, 0.25) is 0 Å². The molecule has 1 heterocycles. The van der Waals surface area contributed by atoms with Crippen LogP contribution in [0.4, 0.5) is 0 Å². The number of aromatic hydroxyl groups is 1. The van der Waals surface area contributed by atoms with Crippen molar-refractivity contribution in [2.24, 2.45) is 5.92 Å². The Morgan fingerprint density at radius 3 is 2.39 bits per heavy atom. The summed E-state index contributed by atoms with van der Waals surface area (Å²) in [6.07, 6.45) is 6.72. The summed E-state index contributed by atoms with van der Waals surface area (Å²) >= 11 is 3.71. The lowest BCUT2D eigenvalue weighted by Gasteiger charge is -2.41. The zero-order chi connectivity index (χ0) is 14.7. The van der Waals surface area contributed by atoms with Crippen LogP contribution >= 0.6 is 40.7 Å². The van der Waals surface area contributed by atoms with Crippen LogP contribution in [-0.2, 0) is 0 Å². The van der Waals surface area contributed by atoms with Crippen LogP contribution in [0, 0.1) is 5.92 Å². The number of rotatable bonds is 3. The van der Waals surface area contributed by atoms with Gasteiger partial charge < -0.3 is 10.4 Å². The van der Waals surface area contributed by atoms with Crippen LogP contribution < -0.4 is 5.32 Å². The maximum atomic E-state index is 9.93. The molecule has 6 heteroatoms. The lowest BCUT2D eigenvalue weighted by atomic mass is 9.80. The predicted octanol–water partition coefficient (Wildman–Crippen LogP) is 4.52. The molecule has 1 aromatic rings. The molecule has 3 nitrogen and oxygen atoms in total. The fourth-order valence-corrected chi connectivity index (χ4v) is 4.40. The predicted molar refractivity (Wildman–Crippen MR) is 104 cm³/mol. The first-order valence-electron chi connectivity index (χ1n) is 8.19. The standard InChI is InChI=1S/C17H25BrN2O.2ClH/c18-16-7-6-14(21)12-15(16)17(13-4-2-1-3-5-13)20-10-8-19-9-11-20;;/h6-7,12-13,17,19,21H,1-5,8-11H2;2*1H/t17-;;/m0../s1. The molecule has 1 aromatic carbocycles. The van der Waals surface area contributed by atoms with Gasteiger partial charge in [-0.25, -0.2) is 0 Å². The van der Waals surface area contributed by atoms with Gasteiger partial charge in [-0.15, -0.1) is 24.8 Å². The van der Waals surface area contributed by atoms with Gasteiger partial charge in [0.05, 0.1) is 0 Å². The minimum absolute atomic E-state index is 0. The summed E-state index contributed by atoms with van der Waals surface area (Å²) in [5.41, 5.74) is 1.27. The van der Waals surface area contributed by atoms with E-state index in [-0.39, 0.29) is 24.8 Å². The highest BCUT2D eigenvalue weighted by Gasteiger charge is 2.32. The summed E-state index contributed by atoms with van der Waals surface area (Å²) < 4.78 is 1.13. The number of benzene rings is 1. The summed E-state index contributed by atoms with van der Waals surface area (Å²) in [5, 5.41) is 13.4. The lowest BCUT2D eigenvalue weighted by Crippen LogP contribution is -2.47. The number of halogens is 3. The van der Waals surface area contributed by atoms with Gasteiger partial charge >= 0.3 is 0 Å². The fraction of sp³-hybridized carbons (Fsp3) is 0.647. The van der Waals surface area contributed by atoms with Gasteiger partial charge in [0.25, 0.3) is 0 Å². The zero-order valence-electron chi connectivity index (χ0n) is 13.3. The van der Waals surface area contributed by atoms with Gasteiger partial charge in [-0.2, -0.15) is 0 Å². The Morgan fingerprint density at radius 2 is 1.74 bits per heavy atom. The Balaban J connectivity index is 0.00000132. The van der Waals surface area contributed by atoms with Crippen LogP contribution in [0.3, 0.4) is 0 Å². The Bertz CT molecular complexity index is 460. The van der Waals surface area contributed by atoms with Crippen LogP contribution in [0.5, 0.6) is 5.75 Å². The Morgan fingerprint density at radius 1 is 1.09 bits per heavy atom. The molecular weight excluding hydrogens is 399 g/mol. The first-order chi connectivity index (χ1) is 10.3. The molecule has 1 saturated heterocycles. The second kappa shape index (κ2) is 10.1. The first kappa shape index (κ1) is 21.0. The van der Waals surface area contributed by atoms with Crippen molar-refractivity contribution in [1.29, 1.82) is 0 Å². The third-order valence-corrected chi connectivity index (χ3v) is 5.66. The minimum Gasteiger partial charge on any atom is -0.508 e. The molecule has 0 amide bonds. The van der Waals surface area contributed by atoms with Crippen molar-refractivity contribution in [1.82, 2.24) is 10.2 Å². The summed E-state index contributed by atoms with van der Waals surface area (Å²) in [4.78, 5) is 2.62. The zero-order valence-corrected chi connectivity index (χ0v) is 16.6. The molecule has 1 aliphatic carbocycles. The van der Waals surface area contributed by atoms with E-state index in [0.29, 0.717) is 11.8 Å². The summed E-state index contributed by atoms with van der Waals surface area (Å²) in [6, 6.07) is 6.16. The third kappa shape index (κ3) is 5.23. The second-order valence-electron chi connectivity index (χ2n) is 6.33. The van der Waals surface area contributed by atoms with Crippen molar-refractivity contribution >= 4 is 40.7 Å². The summed E-state index contributed by atoms with van der Waals surface area (Å²) in [6.45, 7) is 4.34. The van der Waals surface area contributed by atoms with Gasteiger partial charge in [-0.05, 0) is 42.5 Å². The molecule has 0 unspecified atom stereocenters. The maximum Gasteiger partial charge on any atom is 0.115 e. The molecule has 2 aliphatic rings. The SMILES string of the molecule is Cl.Cl.Oc1ccc(Br)c([C@H](C2CCCCC2)N2CCNCC2)c1. The number of hydrogen-bond donors (Lipinski definition) is 2. The molecule has 0 aromatic heterocycles. The van der Waals surface area contributed by atoms with Gasteiger partial charge in [0.15, 0.2) is 0 Å². The smallest absolute Gasteiger partial charge is 0.115 e. The molecule has 3 rings (SSSR count). The number of hydrogen-bond acceptors (Lipinski definition) is 3. The molecule has 23 heavy (non-hydrogen) atoms. The van der Waals surface area contributed by atoms with E-state index in [1.54, 1.807) is 6.07 Å². The van der Waals surface area contributed by atoms with E-state index in [2.05, 4.69) is 26.1 Å². The number of nitrogens with one attached hydrogen (secondary N) is 1. The summed E-state index contributed by atoms with van der Waals surface area (Å²) in [7, 11) is 0. The normalized spacial score (nSPS) is 21.1. The van der Waals surface area contributed by atoms with Crippen LogP contribution in [0.2, 0.25) is 0 Å². The molecule has 0 spiro atoms. The molecule has 1 atom stereocenters. The van der Waals surface area contributed by atoms with Crippen LogP contribution in [-0.4, -0.2) is 36.2 Å². The van der Waals surface area contributed by atoms with Gasteiger partial charge in [-0.1, -0.05) is 35.2 Å².